The smallest absolute Gasteiger partial charge is 0.0542 e. The number of hydrogen-bond acceptors (Lipinski definition) is 4. The van der Waals surface area contributed by atoms with Crippen molar-refractivity contribution in [2.24, 2.45) is 11.7 Å². The Hall–Kier alpha value is -0.0300. The average Bonchev–Trinajstić information content (AvgIpc) is 2.82. The Balaban J connectivity index is 2.58. The van der Waals surface area contributed by atoms with Gasteiger partial charge in [-0.3, -0.25) is 0 Å². The van der Waals surface area contributed by atoms with Crippen molar-refractivity contribution in [3.63, 3.8) is 0 Å². The largest absolute Gasteiger partial charge is 0.396 e. The van der Waals surface area contributed by atoms with Gasteiger partial charge < -0.3 is 10.8 Å². The normalized spacial score (nSPS) is 17.0. The zero-order chi connectivity index (χ0) is 12.0. The Morgan fingerprint density at radius 3 is 2.81 bits per heavy atom. The molecule has 0 aliphatic rings. The maximum atomic E-state index is 9.03. The SMILES string of the molecule is CCC(N)C(SCC(C)CO)c1cccs1. The van der Waals surface area contributed by atoms with Gasteiger partial charge in [-0.05, 0) is 29.5 Å². The van der Waals surface area contributed by atoms with Crippen molar-refractivity contribution in [1.29, 1.82) is 0 Å². The van der Waals surface area contributed by atoms with E-state index in [1.165, 1.54) is 4.88 Å². The number of nitrogens with two attached hydrogens (primary N) is 1. The summed E-state index contributed by atoms with van der Waals surface area (Å²) in [4.78, 5) is 1.35. The lowest BCUT2D eigenvalue weighted by molar-refractivity contribution is 0.250. The maximum Gasteiger partial charge on any atom is 0.0542 e. The van der Waals surface area contributed by atoms with Crippen LogP contribution in [0, 0.1) is 5.92 Å². The van der Waals surface area contributed by atoms with E-state index in [1.54, 1.807) is 11.3 Å². The predicted molar refractivity (Wildman–Crippen MR) is 74.0 cm³/mol. The zero-order valence-corrected chi connectivity index (χ0v) is 11.6. The van der Waals surface area contributed by atoms with Crippen LogP contribution in [-0.4, -0.2) is 23.5 Å². The molecule has 0 saturated heterocycles. The Morgan fingerprint density at radius 1 is 1.56 bits per heavy atom. The Bertz CT molecular complexity index is 277. The summed E-state index contributed by atoms with van der Waals surface area (Å²) in [5, 5.41) is 11.5. The van der Waals surface area contributed by atoms with Crippen LogP contribution < -0.4 is 5.73 Å². The van der Waals surface area contributed by atoms with E-state index in [0.717, 1.165) is 12.2 Å². The molecule has 0 spiro atoms. The third-order valence-electron chi connectivity index (χ3n) is 2.56. The standard InChI is InChI=1S/C12H21NOS2/c1-3-10(13)12(11-5-4-6-15-11)16-8-9(2)7-14/h4-6,9-10,12,14H,3,7-8,13H2,1-2H3. The first kappa shape index (κ1) is 14.0. The van der Waals surface area contributed by atoms with Gasteiger partial charge in [-0.1, -0.05) is 19.9 Å². The molecule has 3 unspecified atom stereocenters. The molecule has 3 N–H and O–H groups in total. The second-order valence-corrected chi connectivity index (χ2v) is 6.28. The number of aliphatic hydroxyl groups is 1. The number of thioether (sulfide) groups is 1. The van der Waals surface area contributed by atoms with E-state index in [-0.39, 0.29) is 12.6 Å². The Labute approximate surface area is 106 Å². The van der Waals surface area contributed by atoms with E-state index in [4.69, 9.17) is 10.8 Å². The summed E-state index contributed by atoms with van der Waals surface area (Å²) in [6, 6.07) is 4.43. The van der Waals surface area contributed by atoms with Crippen molar-refractivity contribution in [2.45, 2.75) is 31.6 Å². The molecule has 0 saturated carbocycles. The summed E-state index contributed by atoms with van der Waals surface area (Å²) >= 11 is 3.64. The molecule has 0 bridgehead atoms. The van der Waals surface area contributed by atoms with Gasteiger partial charge in [-0.25, -0.2) is 0 Å². The Kier molecular flexibility index (Phi) is 6.43. The molecule has 16 heavy (non-hydrogen) atoms. The number of rotatable bonds is 7. The summed E-state index contributed by atoms with van der Waals surface area (Å²) in [5.41, 5.74) is 6.16. The highest BCUT2D eigenvalue weighted by Gasteiger charge is 2.20. The van der Waals surface area contributed by atoms with Crippen LogP contribution in [0.5, 0.6) is 0 Å². The molecule has 0 aliphatic carbocycles. The van der Waals surface area contributed by atoms with Crippen molar-refractivity contribution in [2.75, 3.05) is 12.4 Å². The first-order chi connectivity index (χ1) is 7.69. The minimum Gasteiger partial charge on any atom is -0.396 e. The van der Waals surface area contributed by atoms with Crippen LogP contribution in [0.1, 0.15) is 30.4 Å². The van der Waals surface area contributed by atoms with Crippen LogP contribution >= 0.6 is 23.1 Å². The lowest BCUT2D eigenvalue weighted by Gasteiger charge is -2.22. The fraction of sp³-hybridized carbons (Fsp3) is 0.667. The van der Waals surface area contributed by atoms with Crippen LogP contribution in [0.25, 0.3) is 0 Å². The fourth-order valence-electron chi connectivity index (χ4n) is 1.40. The molecule has 1 heterocycles. The molecule has 2 nitrogen and oxygen atoms in total. The van der Waals surface area contributed by atoms with E-state index >= 15 is 0 Å². The molecule has 1 aromatic heterocycles. The zero-order valence-electron chi connectivity index (χ0n) is 9.93. The van der Waals surface area contributed by atoms with E-state index in [2.05, 4.69) is 31.4 Å². The summed E-state index contributed by atoms with van der Waals surface area (Å²) in [5.74, 6) is 1.31. The number of thiophene rings is 1. The van der Waals surface area contributed by atoms with Crippen molar-refractivity contribution in [3.05, 3.63) is 22.4 Å². The molecule has 3 atom stereocenters. The quantitative estimate of drug-likeness (QED) is 0.791. The van der Waals surface area contributed by atoms with Gasteiger partial charge in [0.05, 0.1) is 5.25 Å². The molecular weight excluding hydrogens is 238 g/mol. The van der Waals surface area contributed by atoms with Crippen LogP contribution in [0.15, 0.2) is 17.5 Å². The summed E-state index contributed by atoms with van der Waals surface area (Å²) in [6.07, 6.45) is 0.989. The van der Waals surface area contributed by atoms with E-state index in [0.29, 0.717) is 11.2 Å². The van der Waals surface area contributed by atoms with E-state index in [9.17, 15) is 0 Å². The highest BCUT2D eigenvalue weighted by molar-refractivity contribution is 7.99. The third kappa shape index (κ3) is 4.09. The van der Waals surface area contributed by atoms with Crippen molar-refractivity contribution < 1.29 is 5.11 Å². The van der Waals surface area contributed by atoms with Gasteiger partial charge >= 0.3 is 0 Å². The molecule has 1 rings (SSSR count). The van der Waals surface area contributed by atoms with Gasteiger partial charge in [-0.2, -0.15) is 11.8 Å². The summed E-state index contributed by atoms with van der Waals surface area (Å²) in [6.45, 7) is 4.45. The molecule has 0 radical (unpaired) electrons. The topological polar surface area (TPSA) is 46.2 Å². The first-order valence-electron chi connectivity index (χ1n) is 5.70. The average molecular weight is 259 g/mol. The van der Waals surface area contributed by atoms with Gasteiger partial charge in [0.25, 0.3) is 0 Å². The number of hydrogen-bond donors (Lipinski definition) is 2. The minimum absolute atomic E-state index is 0.203. The maximum absolute atomic E-state index is 9.03. The second kappa shape index (κ2) is 7.33. The highest BCUT2D eigenvalue weighted by Crippen LogP contribution is 2.36. The minimum atomic E-state index is 0.203. The van der Waals surface area contributed by atoms with Gasteiger partial charge in [0.1, 0.15) is 0 Å². The van der Waals surface area contributed by atoms with Crippen LogP contribution in [-0.2, 0) is 0 Å². The molecule has 1 aromatic rings. The molecule has 0 aliphatic heterocycles. The fourth-order valence-corrected chi connectivity index (χ4v) is 3.88. The van der Waals surface area contributed by atoms with Crippen LogP contribution in [0.2, 0.25) is 0 Å². The van der Waals surface area contributed by atoms with Gasteiger partial charge in [0, 0.05) is 17.5 Å². The first-order valence-corrected chi connectivity index (χ1v) is 7.63. The molecule has 0 aromatic carbocycles. The lowest BCUT2D eigenvalue weighted by Crippen LogP contribution is -2.26. The lowest BCUT2D eigenvalue weighted by atomic mass is 10.1. The highest BCUT2D eigenvalue weighted by atomic mass is 32.2. The molecule has 0 amide bonds. The van der Waals surface area contributed by atoms with Gasteiger partial charge in [-0.15, -0.1) is 11.3 Å². The van der Waals surface area contributed by atoms with Crippen molar-refractivity contribution in [3.8, 4) is 0 Å². The van der Waals surface area contributed by atoms with E-state index in [1.807, 2.05) is 11.8 Å². The Morgan fingerprint density at radius 2 is 2.31 bits per heavy atom. The monoisotopic (exact) mass is 259 g/mol. The van der Waals surface area contributed by atoms with Crippen molar-refractivity contribution in [1.82, 2.24) is 0 Å². The third-order valence-corrected chi connectivity index (χ3v) is 5.38. The molecule has 92 valence electrons. The molecule has 0 fully saturated rings. The molecular formula is C12H21NOS2. The second-order valence-electron chi connectivity index (χ2n) is 4.13. The number of aliphatic hydroxyl groups excluding tert-OH is 1. The van der Waals surface area contributed by atoms with Gasteiger partial charge in [0.2, 0.25) is 0 Å². The molecule has 4 heteroatoms. The van der Waals surface area contributed by atoms with Crippen LogP contribution in [0.4, 0.5) is 0 Å². The predicted octanol–water partition coefficient (Wildman–Crippen LogP) is 2.89. The van der Waals surface area contributed by atoms with E-state index < -0.39 is 0 Å². The van der Waals surface area contributed by atoms with Crippen molar-refractivity contribution >= 4 is 23.1 Å². The summed E-state index contributed by atoms with van der Waals surface area (Å²) < 4.78 is 0. The van der Waals surface area contributed by atoms with Crippen LogP contribution in [0.3, 0.4) is 0 Å². The van der Waals surface area contributed by atoms with Gasteiger partial charge in [0.15, 0.2) is 0 Å². The summed E-state index contributed by atoms with van der Waals surface area (Å²) in [7, 11) is 0.